The molecule has 25 heavy (non-hydrogen) atoms. The maximum atomic E-state index is 13.1. The molecule has 0 spiro atoms. The number of carboxylic acids is 1. The van der Waals surface area contributed by atoms with Crippen LogP contribution in [0, 0.1) is 5.92 Å². The van der Waals surface area contributed by atoms with Crippen LogP contribution in [0.1, 0.15) is 44.6 Å². The molecule has 0 aromatic heterocycles. The van der Waals surface area contributed by atoms with Crippen molar-refractivity contribution >= 4 is 11.9 Å². The van der Waals surface area contributed by atoms with Gasteiger partial charge in [-0.05, 0) is 50.8 Å². The summed E-state index contributed by atoms with van der Waals surface area (Å²) in [6, 6.07) is 10.1. The minimum atomic E-state index is -0.754. The van der Waals surface area contributed by atoms with Gasteiger partial charge in [0, 0.05) is 18.5 Å². The molecule has 1 saturated heterocycles. The molecule has 5 heteroatoms. The summed E-state index contributed by atoms with van der Waals surface area (Å²) in [5, 5.41) is 9.32. The van der Waals surface area contributed by atoms with Gasteiger partial charge in [0.25, 0.3) is 0 Å². The molecule has 136 valence electrons. The highest BCUT2D eigenvalue weighted by Gasteiger charge is 2.38. The van der Waals surface area contributed by atoms with Gasteiger partial charge in [0.15, 0.2) is 0 Å². The Morgan fingerprint density at radius 1 is 1.16 bits per heavy atom. The highest BCUT2D eigenvalue weighted by atomic mass is 16.4. The van der Waals surface area contributed by atoms with Crippen molar-refractivity contribution < 1.29 is 14.7 Å². The van der Waals surface area contributed by atoms with Crippen molar-refractivity contribution in [2.75, 3.05) is 13.1 Å². The first kappa shape index (κ1) is 17.9. The first-order valence-corrected chi connectivity index (χ1v) is 9.41. The van der Waals surface area contributed by atoms with E-state index in [1.54, 1.807) is 0 Å². The molecule has 0 bridgehead atoms. The number of hydrogen-bond acceptors (Lipinski definition) is 3. The molecule has 1 aromatic rings. The van der Waals surface area contributed by atoms with E-state index in [4.69, 9.17) is 0 Å². The van der Waals surface area contributed by atoms with Crippen LogP contribution >= 0.6 is 0 Å². The molecule has 2 aliphatic rings. The van der Waals surface area contributed by atoms with Crippen LogP contribution in [0.25, 0.3) is 0 Å². The van der Waals surface area contributed by atoms with Gasteiger partial charge in [-0.1, -0.05) is 37.3 Å². The third kappa shape index (κ3) is 4.40. The van der Waals surface area contributed by atoms with E-state index in [0.717, 1.165) is 25.7 Å². The molecule has 1 unspecified atom stereocenters. The lowest BCUT2D eigenvalue weighted by Crippen LogP contribution is -2.48. The van der Waals surface area contributed by atoms with Crippen molar-refractivity contribution in [2.45, 2.75) is 57.7 Å². The van der Waals surface area contributed by atoms with Gasteiger partial charge in [-0.2, -0.15) is 0 Å². The minimum absolute atomic E-state index is 0.0341. The number of aliphatic carboxylic acids is 1. The number of carboxylic acid groups (broad SMARTS) is 1. The van der Waals surface area contributed by atoms with Gasteiger partial charge in [0.1, 0.15) is 6.04 Å². The molecule has 1 amide bonds. The van der Waals surface area contributed by atoms with Gasteiger partial charge in [-0.25, -0.2) is 0 Å². The van der Waals surface area contributed by atoms with Gasteiger partial charge >= 0.3 is 5.97 Å². The highest BCUT2D eigenvalue weighted by molar-refractivity contribution is 5.80. The van der Waals surface area contributed by atoms with Crippen LogP contribution in [0.3, 0.4) is 0 Å². The average Bonchev–Trinajstić information content (AvgIpc) is 3.46. The second kappa shape index (κ2) is 8.00. The maximum Gasteiger partial charge on any atom is 0.320 e. The van der Waals surface area contributed by atoms with Crippen LogP contribution in [-0.2, 0) is 16.1 Å². The Morgan fingerprint density at radius 3 is 2.32 bits per heavy atom. The number of piperidine rings is 1. The Morgan fingerprint density at radius 2 is 1.80 bits per heavy atom. The maximum absolute atomic E-state index is 13.1. The summed E-state index contributed by atoms with van der Waals surface area (Å²) in [6.45, 7) is 4.00. The molecular weight excluding hydrogens is 316 g/mol. The van der Waals surface area contributed by atoms with E-state index in [1.807, 2.05) is 30.0 Å². The number of carbonyl (C=O) groups is 2. The van der Waals surface area contributed by atoms with Crippen LogP contribution in [0.5, 0.6) is 0 Å². The molecule has 1 saturated carbocycles. The third-order valence-electron chi connectivity index (χ3n) is 5.46. The summed E-state index contributed by atoms with van der Waals surface area (Å²) in [7, 11) is 0. The Labute approximate surface area is 149 Å². The minimum Gasteiger partial charge on any atom is -0.480 e. The Hall–Kier alpha value is -1.88. The Kier molecular flexibility index (Phi) is 5.74. The van der Waals surface area contributed by atoms with Crippen molar-refractivity contribution in [3.8, 4) is 0 Å². The fourth-order valence-corrected chi connectivity index (χ4v) is 3.83. The number of nitrogens with zero attached hydrogens (tertiary/aromatic N) is 2. The topological polar surface area (TPSA) is 60.9 Å². The quantitative estimate of drug-likeness (QED) is 0.826. The van der Waals surface area contributed by atoms with E-state index in [1.165, 1.54) is 5.56 Å². The van der Waals surface area contributed by atoms with E-state index in [-0.39, 0.29) is 11.8 Å². The van der Waals surface area contributed by atoms with E-state index in [0.29, 0.717) is 32.1 Å². The number of rotatable bonds is 7. The smallest absolute Gasteiger partial charge is 0.320 e. The second-order valence-corrected chi connectivity index (χ2v) is 7.26. The third-order valence-corrected chi connectivity index (χ3v) is 5.46. The highest BCUT2D eigenvalue weighted by Crippen LogP contribution is 2.32. The van der Waals surface area contributed by atoms with Crippen LogP contribution in [0.2, 0.25) is 0 Å². The molecule has 1 aliphatic heterocycles. The first-order valence-electron chi connectivity index (χ1n) is 9.41. The fourth-order valence-electron chi connectivity index (χ4n) is 3.83. The van der Waals surface area contributed by atoms with Gasteiger partial charge in [0.2, 0.25) is 5.91 Å². The molecule has 5 nitrogen and oxygen atoms in total. The lowest BCUT2D eigenvalue weighted by molar-refractivity contribution is -0.145. The van der Waals surface area contributed by atoms with Crippen molar-refractivity contribution in [3.63, 3.8) is 0 Å². The Balaban J connectivity index is 1.59. The molecule has 0 radical (unpaired) electrons. The molecule has 1 atom stereocenters. The van der Waals surface area contributed by atoms with Crippen molar-refractivity contribution in [3.05, 3.63) is 35.9 Å². The lowest BCUT2D eigenvalue weighted by Gasteiger charge is -2.36. The standard InChI is InChI=1S/C20H28N2O3/c1-2-18(20(24)25)21-12-10-16(11-13-21)19(23)22(17-8-9-17)14-15-6-4-3-5-7-15/h3-7,16-18H,2,8-14H2,1H3,(H,24,25). The summed E-state index contributed by atoms with van der Waals surface area (Å²) >= 11 is 0. The fraction of sp³-hybridized carbons (Fsp3) is 0.600. The average molecular weight is 344 g/mol. The number of carbonyl (C=O) groups excluding carboxylic acids is 1. The molecule has 3 rings (SSSR count). The predicted octanol–water partition coefficient (Wildman–Crippen LogP) is 2.75. The zero-order chi connectivity index (χ0) is 17.8. The van der Waals surface area contributed by atoms with Crippen LogP contribution in [0.15, 0.2) is 30.3 Å². The van der Waals surface area contributed by atoms with Crippen LogP contribution in [0.4, 0.5) is 0 Å². The molecule has 1 aliphatic carbocycles. The normalized spacial score (nSPS) is 20.2. The zero-order valence-corrected chi connectivity index (χ0v) is 14.9. The molecule has 2 fully saturated rings. The summed E-state index contributed by atoms with van der Waals surface area (Å²) in [4.78, 5) is 28.5. The lowest BCUT2D eigenvalue weighted by atomic mass is 9.93. The molecule has 1 heterocycles. The number of amides is 1. The zero-order valence-electron chi connectivity index (χ0n) is 14.9. The van der Waals surface area contributed by atoms with Gasteiger partial charge in [0.05, 0.1) is 0 Å². The largest absolute Gasteiger partial charge is 0.480 e. The van der Waals surface area contributed by atoms with Crippen molar-refractivity contribution in [1.82, 2.24) is 9.80 Å². The van der Waals surface area contributed by atoms with Crippen molar-refractivity contribution in [2.24, 2.45) is 5.92 Å². The summed E-state index contributed by atoms with van der Waals surface area (Å²) < 4.78 is 0. The van der Waals surface area contributed by atoms with Crippen molar-refractivity contribution in [1.29, 1.82) is 0 Å². The van der Waals surface area contributed by atoms with E-state index >= 15 is 0 Å². The first-order chi connectivity index (χ1) is 12.1. The van der Waals surface area contributed by atoms with Crippen LogP contribution < -0.4 is 0 Å². The van der Waals surface area contributed by atoms with Gasteiger partial charge in [-0.15, -0.1) is 0 Å². The van der Waals surface area contributed by atoms with Crippen LogP contribution in [-0.4, -0.2) is 52.0 Å². The number of likely N-dealkylation sites (tertiary alicyclic amines) is 1. The van der Waals surface area contributed by atoms with E-state index in [9.17, 15) is 14.7 Å². The molecule has 1 aromatic carbocycles. The molecular formula is C20H28N2O3. The van der Waals surface area contributed by atoms with E-state index in [2.05, 4.69) is 17.0 Å². The van der Waals surface area contributed by atoms with Gasteiger partial charge < -0.3 is 10.0 Å². The Bertz CT molecular complexity index is 592. The van der Waals surface area contributed by atoms with E-state index < -0.39 is 12.0 Å². The summed E-state index contributed by atoms with van der Waals surface area (Å²) in [5.74, 6) is -0.461. The number of benzene rings is 1. The monoisotopic (exact) mass is 344 g/mol. The summed E-state index contributed by atoms with van der Waals surface area (Å²) in [6.07, 6.45) is 4.35. The SMILES string of the molecule is CCC(C(=O)O)N1CCC(C(=O)N(Cc2ccccc2)C2CC2)CC1. The second-order valence-electron chi connectivity index (χ2n) is 7.26. The summed E-state index contributed by atoms with van der Waals surface area (Å²) in [5.41, 5.74) is 1.18. The molecule has 1 N–H and O–H groups in total. The predicted molar refractivity (Wildman–Crippen MR) is 96.0 cm³/mol. The van der Waals surface area contributed by atoms with Gasteiger partial charge in [-0.3, -0.25) is 14.5 Å². The number of hydrogen-bond donors (Lipinski definition) is 1.